The third-order valence-corrected chi connectivity index (χ3v) is 3.56. The molecule has 0 aliphatic carbocycles. The van der Waals surface area contributed by atoms with Gasteiger partial charge < -0.3 is 9.47 Å². The molecule has 108 valence electrons. The number of ether oxygens (including phenoxy) is 2. The number of benzene rings is 1. The number of fused-ring (bicyclic) bond motifs is 1. The van der Waals surface area contributed by atoms with Gasteiger partial charge in [-0.2, -0.15) is 5.10 Å². The van der Waals surface area contributed by atoms with E-state index in [-0.39, 0.29) is 0 Å². The van der Waals surface area contributed by atoms with Crippen LogP contribution in [-0.2, 0) is 5.88 Å². The molecule has 0 radical (unpaired) electrons. The van der Waals surface area contributed by atoms with E-state index in [1.165, 1.54) is 0 Å². The second kappa shape index (κ2) is 5.61. The van der Waals surface area contributed by atoms with Gasteiger partial charge in [-0.1, -0.05) is 0 Å². The largest absolute Gasteiger partial charge is 0.497 e. The van der Waals surface area contributed by atoms with E-state index in [9.17, 15) is 0 Å². The number of hydrogen-bond donors (Lipinski definition) is 0. The first kappa shape index (κ1) is 13.7. The fraction of sp³-hybridized carbons (Fsp3) is 0.200. The van der Waals surface area contributed by atoms with E-state index in [1.807, 2.05) is 30.5 Å². The lowest BCUT2D eigenvalue weighted by Gasteiger charge is -2.09. The number of rotatable bonds is 4. The van der Waals surface area contributed by atoms with E-state index < -0.39 is 0 Å². The molecule has 3 rings (SSSR count). The molecule has 5 nitrogen and oxygen atoms in total. The average molecular weight is 304 g/mol. The molecule has 0 amide bonds. The van der Waals surface area contributed by atoms with Gasteiger partial charge in [0.05, 0.1) is 20.1 Å². The molecule has 6 heteroatoms. The van der Waals surface area contributed by atoms with E-state index in [0.29, 0.717) is 11.6 Å². The molecule has 2 aromatic heterocycles. The zero-order valence-corrected chi connectivity index (χ0v) is 12.5. The Kier molecular flexibility index (Phi) is 3.66. The summed E-state index contributed by atoms with van der Waals surface area (Å²) in [6.07, 6.45) is 3.57. The molecule has 21 heavy (non-hydrogen) atoms. The molecule has 0 saturated heterocycles. The van der Waals surface area contributed by atoms with Gasteiger partial charge >= 0.3 is 0 Å². The molecule has 1 aromatic carbocycles. The Labute approximate surface area is 127 Å². The van der Waals surface area contributed by atoms with Crippen LogP contribution >= 0.6 is 11.6 Å². The first-order valence-corrected chi connectivity index (χ1v) is 6.92. The molecular formula is C15H14ClN3O2. The van der Waals surface area contributed by atoms with Crippen LogP contribution in [-0.4, -0.2) is 28.8 Å². The van der Waals surface area contributed by atoms with Gasteiger partial charge in [-0.3, -0.25) is 0 Å². The molecule has 3 aromatic rings. The molecule has 0 atom stereocenters. The molecule has 0 saturated carbocycles. The van der Waals surface area contributed by atoms with Crippen molar-refractivity contribution in [1.82, 2.24) is 14.6 Å². The highest BCUT2D eigenvalue weighted by atomic mass is 35.5. The maximum Gasteiger partial charge on any atom is 0.159 e. The summed E-state index contributed by atoms with van der Waals surface area (Å²) < 4.78 is 12.4. The van der Waals surface area contributed by atoms with Crippen LogP contribution < -0.4 is 9.47 Å². The van der Waals surface area contributed by atoms with Crippen LogP contribution in [0.15, 0.2) is 36.7 Å². The van der Waals surface area contributed by atoms with Crippen molar-refractivity contribution in [2.45, 2.75) is 5.88 Å². The quantitative estimate of drug-likeness (QED) is 0.695. The van der Waals surface area contributed by atoms with Crippen molar-refractivity contribution < 1.29 is 9.47 Å². The van der Waals surface area contributed by atoms with Crippen LogP contribution in [0, 0.1) is 0 Å². The number of halogens is 1. The fourth-order valence-electron chi connectivity index (χ4n) is 2.27. The van der Waals surface area contributed by atoms with E-state index in [1.54, 1.807) is 24.9 Å². The first-order valence-electron chi connectivity index (χ1n) is 6.39. The van der Waals surface area contributed by atoms with Crippen molar-refractivity contribution in [2.24, 2.45) is 0 Å². The molecule has 0 unspecified atom stereocenters. The van der Waals surface area contributed by atoms with Gasteiger partial charge in [0.2, 0.25) is 0 Å². The third kappa shape index (κ3) is 2.29. The molecule has 0 aliphatic rings. The van der Waals surface area contributed by atoms with Gasteiger partial charge in [-0.05, 0) is 18.2 Å². The van der Waals surface area contributed by atoms with Crippen LogP contribution in [0.4, 0.5) is 0 Å². The smallest absolute Gasteiger partial charge is 0.159 e. The van der Waals surface area contributed by atoms with Crippen molar-refractivity contribution in [3.05, 3.63) is 42.2 Å². The van der Waals surface area contributed by atoms with E-state index in [2.05, 4.69) is 10.1 Å². The summed E-state index contributed by atoms with van der Waals surface area (Å²) in [5.74, 6) is 1.74. The summed E-state index contributed by atoms with van der Waals surface area (Å²) in [5, 5.41) is 4.57. The predicted molar refractivity (Wildman–Crippen MR) is 81.1 cm³/mol. The van der Waals surface area contributed by atoms with Crippen LogP contribution in [0.3, 0.4) is 0 Å². The minimum atomic E-state index is 0.324. The number of nitrogens with zero attached hydrogens (tertiary/aromatic N) is 3. The van der Waals surface area contributed by atoms with Crippen LogP contribution in [0.2, 0.25) is 0 Å². The number of hydrogen-bond acceptors (Lipinski definition) is 4. The predicted octanol–water partition coefficient (Wildman–Crippen LogP) is 3.15. The maximum absolute atomic E-state index is 6.10. The SMILES string of the molecule is COc1ccc(-c2nn3cccnc3c2CCl)c(OC)c1. The lowest BCUT2D eigenvalue weighted by atomic mass is 10.1. The second-order valence-electron chi connectivity index (χ2n) is 4.41. The van der Waals surface area contributed by atoms with Gasteiger partial charge in [0, 0.05) is 29.6 Å². The Bertz CT molecular complexity index is 786. The lowest BCUT2D eigenvalue weighted by Crippen LogP contribution is -1.92. The summed E-state index contributed by atoms with van der Waals surface area (Å²) in [6, 6.07) is 7.43. The minimum Gasteiger partial charge on any atom is -0.497 e. The van der Waals surface area contributed by atoms with Crippen LogP contribution in [0.1, 0.15) is 5.56 Å². The zero-order chi connectivity index (χ0) is 14.8. The summed E-state index contributed by atoms with van der Waals surface area (Å²) in [4.78, 5) is 4.34. The Balaban J connectivity index is 2.24. The highest BCUT2D eigenvalue weighted by Crippen LogP contribution is 2.35. The van der Waals surface area contributed by atoms with Crippen molar-refractivity contribution >= 4 is 17.2 Å². The molecule has 0 fully saturated rings. The number of alkyl halides is 1. The summed E-state index contributed by atoms with van der Waals surface area (Å²) >= 11 is 6.10. The normalized spacial score (nSPS) is 10.8. The van der Waals surface area contributed by atoms with Crippen molar-refractivity contribution in [1.29, 1.82) is 0 Å². The first-order chi connectivity index (χ1) is 10.3. The topological polar surface area (TPSA) is 48.7 Å². The van der Waals surface area contributed by atoms with Crippen molar-refractivity contribution in [3.8, 4) is 22.8 Å². The molecule has 0 N–H and O–H groups in total. The van der Waals surface area contributed by atoms with Gasteiger partial charge in [0.25, 0.3) is 0 Å². The van der Waals surface area contributed by atoms with E-state index >= 15 is 0 Å². The van der Waals surface area contributed by atoms with Crippen LogP contribution in [0.25, 0.3) is 16.9 Å². The molecule has 0 aliphatic heterocycles. The monoisotopic (exact) mass is 303 g/mol. The van der Waals surface area contributed by atoms with Gasteiger partial charge in [-0.25, -0.2) is 9.50 Å². The second-order valence-corrected chi connectivity index (χ2v) is 4.68. The lowest BCUT2D eigenvalue weighted by molar-refractivity contribution is 0.395. The number of methoxy groups -OCH3 is 2. The molecule has 2 heterocycles. The van der Waals surface area contributed by atoms with Crippen molar-refractivity contribution in [3.63, 3.8) is 0 Å². The maximum atomic E-state index is 6.10. The fourth-order valence-corrected chi connectivity index (χ4v) is 2.51. The molecule has 0 bridgehead atoms. The molecular weight excluding hydrogens is 290 g/mol. The van der Waals surface area contributed by atoms with Crippen LogP contribution in [0.5, 0.6) is 11.5 Å². The van der Waals surface area contributed by atoms with Gasteiger partial charge in [0.15, 0.2) is 5.65 Å². The summed E-state index contributed by atoms with van der Waals surface area (Å²) in [5.41, 5.74) is 3.25. The minimum absolute atomic E-state index is 0.324. The molecule has 0 spiro atoms. The standard InChI is InChI=1S/C15H14ClN3O2/c1-20-10-4-5-11(13(8-10)21-2)14-12(9-16)15-17-6-3-7-19(15)18-14/h3-8H,9H2,1-2H3. The van der Waals surface area contributed by atoms with E-state index in [0.717, 1.165) is 28.2 Å². The van der Waals surface area contributed by atoms with Gasteiger partial charge in [-0.15, -0.1) is 11.6 Å². The highest BCUT2D eigenvalue weighted by molar-refractivity contribution is 6.18. The third-order valence-electron chi connectivity index (χ3n) is 3.29. The summed E-state index contributed by atoms with van der Waals surface area (Å²) in [6.45, 7) is 0. The number of aromatic nitrogens is 3. The Morgan fingerprint density at radius 1 is 1.24 bits per heavy atom. The zero-order valence-electron chi connectivity index (χ0n) is 11.7. The Hall–Kier alpha value is -2.27. The Morgan fingerprint density at radius 3 is 2.81 bits per heavy atom. The highest BCUT2D eigenvalue weighted by Gasteiger charge is 2.18. The van der Waals surface area contributed by atoms with Crippen molar-refractivity contribution in [2.75, 3.05) is 14.2 Å². The Morgan fingerprint density at radius 2 is 2.10 bits per heavy atom. The average Bonchev–Trinajstić information content (AvgIpc) is 2.92. The van der Waals surface area contributed by atoms with Gasteiger partial charge in [0.1, 0.15) is 17.2 Å². The van der Waals surface area contributed by atoms with E-state index in [4.69, 9.17) is 21.1 Å². The summed E-state index contributed by atoms with van der Waals surface area (Å²) in [7, 11) is 3.24.